The van der Waals surface area contributed by atoms with Crippen molar-refractivity contribution in [2.75, 3.05) is 0 Å². The van der Waals surface area contributed by atoms with Gasteiger partial charge in [-0.1, -0.05) is 13.3 Å². The maximum absolute atomic E-state index is 10.3. The molecule has 0 heterocycles. The lowest BCUT2D eigenvalue weighted by Crippen LogP contribution is -2.15. The molecular formula is C6H12O2. The Labute approximate surface area is 49.5 Å². The first-order valence-corrected chi connectivity index (χ1v) is 2.87. The van der Waals surface area contributed by atoms with E-state index in [4.69, 9.17) is 5.11 Å². The summed E-state index contributed by atoms with van der Waals surface area (Å²) in [5.41, 5.74) is 0. The molecule has 1 unspecified atom stereocenters. The number of hydrogen-bond acceptors (Lipinski definition) is 2. The summed E-state index contributed by atoms with van der Waals surface area (Å²) in [6.07, 6.45) is 0.732. The standard InChI is InChI=1S/C6H12O2/c1-3-4-6(8)5(2)7/h6,8H,3-4H2,1-2H3. The average molecular weight is 116 g/mol. The predicted molar refractivity (Wildman–Crippen MR) is 31.6 cm³/mol. The highest BCUT2D eigenvalue weighted by molar-refractivity contribution is 5.79. The van der Waals surface area contributed by atoms with Gasteiger partial charge >= 0.3 is 0 Å². The van der Waals surface area contributed by atoms with Crippen molar-refractivity contribution in [2.45, 2.75) is 32.8 Å². The van der Waals surface area contributed by atoms with Gasteiger partial charge in [0, 0.05) is 0 Å². The number of rotatable bonds is 3. The van der Waals surface area contributed by atoms with Gasteiger partial charge in [0.15, 0.2) is 5.78 Å². The van der Waals surface area contributed by atoms with Crippen LogP contribution in [0.15, 0.2) is 0 Å². The minimum Gasteiger partial charge on any atom is -0.385 e. The van der Waals surface area contributed by atoms with E-state index >= 15 is 0 Å². The van der Waals surface area contributed by atoms with Crippen LogP contribution in [-0.2, 0) is 4.79 Å². The van der Waals surface area contributed by atoms with Crippen LogP contribution in [0, 0.1) is 0 Å². The van der Waals surface area contributed by atoms with E-state index in [-0.39, 0.29) is 5.78 Å². The third kappa shape index (κ3) is 2.75. The summed E-state index contributed by atoms with van der Waals surface area (Å²) >= 11 is 0. The monoisotopic (exact) mass is 116 g/mol. The molecular weight excluding hydrogens is 104 g/mol. The first kappa shape index (κ1) is 7.63. The molecule has 48 valence electrons. The van der Waals surface area contributed by atoms with Crippen LogP contribution < -0.4 is 0 Å². The van der Waals surface area contributed by atoms with Gasteiger partial charge in [0.1, 0.15) is 6.10 Å². The first-order valence-electron chi connectivity index (χ1n) is 2.87. The molecule has 0 bridgehead atoms. The maximum Gasteiger partial charge on any atom is 0.158 e. The van der Waals surface area contributed by atoms with E-state index in [1.54, 1.807) is 0 Å². The minimum atomic E-state index is -0.722. The summed E-state index contributed by atoms with van der Waals surface area (Å²) in [6, 6.07) is 0. The molecule has 2 heteroatoms. The van der Waals surface area contributed by atoms with E-state index in [1.165, 1.54) is 6.92 Å². The molecule has 0 aliphatic carbocycles. The fraction of sp³-hybridized carbons (Fsp3) is 0.833. The Bertz CT molecular complexity index is 78.6. The zero-order valence-electron chi connectivity index (χ0n) is 5.35. The van der Waals surface area contributed by atoms with E-state index in [0.717, 1.165) is 6.42 Å². The highest BCUT2D eigenvalue weighted by Crippen LogP contribution is 1.95. The second-order valence-corrected chi connectivity index (χ2v) is 1.92. The molecule has 0 aromatic heterocycles. The molecule has 0 saturated carbocycles. The normalized spacial score (nSPS) is 13.4. The van der Waals surface area contributed by atoms with E-state index in [1.807, 2.05) is 6.92 Å². The number of aliphatic hydroxyl groups excluding tert-OH is 1. The molecule has 0 aliphatic heterocycles. The van der Waals surface area contributed by atoms with Crippen molar-refractivity contribution in [2.24, 2.45) is 0 Å². The summed E-state index contributed by atoms with van der Waals surface area (Å²) in [5.74, 6) is -0.133. The zero-order chi connectivity index (χ0) is 6.57. The van der Waals surface area contributed by atoms with Crippen molar-refractivity contribution in [1.82, 2.24) is 0 Å². The van der Waals surface area contributed by atoms with Crippen molar-refractivity contribution in [3.63, 3.8) is 0 Å². The van der Waals surface area contributed by atoms with Crippen molar-refractivity contribution >= 4 is 5.78 Å². The minimum absolute atomic E-state index is 0.133. The van der Waals surface area contributed by atoms with Gasteiger partial charge in [-0.05, 0) is 13.3 Å². The van der Waals surface area contributed by atoms with Crippen LogP contribution in [0.2, 0.25) is 0 Å². The molecule has 8 heavy (non-hydrogen) atoms. The topological polar surface area (TPSA) is 37.3 Å². The van der Waals surface area contributed by atoms with Crippen molar-refractivity contribution in [1.29, 1.82) is 0 Å². The number of hydrogen-bond donors (Lipinski definition) is 1. The molecule has 0 rings (SSSR count). The number of carbonyl (C=O) groups is 1. The van der Waals surface area contributed by atoms with Crippen molar-refractivity contribution in [3.8, 4) is 0 Å². The Morgan fingerprint density at radius 3 is 2.38 bits per heavy atom. The fourth-order valence-electron chi connectivity index (χ4n) is 0.477. The number of ketones is 1. The van der Waals surface area contributed by atoms with Gasteiger partial charge in [0.05, 0.1) is 0 Å². The molecule has 1 N–H and O–H groups in total. The smallest absolute Gasteiger partial charge is 0.158 e. The van der Waals surface area contributed by atoms with Crippen LogP contribution >= 0.6 is 0 Å². The Hall–Kier alpha value is -0.370. The summed E-state index contributed by atoms with van der Waals surface area (Å²) in [6.45, 7) is 3.34. The molecule has 0 aromatic rings. The SMILES string of the molecule is CCCC(O)C(C)=O. The lowest BCUT2D eigenvalue weighted by Gasteiger charge is -2.01. The van der Waals surface area contributed by atoms with Crippen molar-refractivity contribution in [3.05, 3.63) is 0 Å². The zero-order valence-corrected chi connectivity index (χ0v) is 5.35. The van der Waals surface area contributed by atoms with Gasteiger partial charge in [0.25, 0.3) is 0 Å². The third-order valence-electron chi connectivity index (χ3n) is 1.03. The second kappa shape index (κ2) is 3.61. The van der Waals surface area contributed by atoms with Gasteiger partial charge in [0.2, 0.25) is 0 Å². The van der Waals surface area contributed by atoms with Gasteiger partial charge in [-0.2, -0.15) is 0 Å². The molecule has 0 saturated heterocycles. The van der Waals surface area contributed by atoms with Crippen LogP contribution in [0.4, 0.5) is 0 Å². The Morgan fingerprint density at radius 2 is 2.25 bits per heavy atom. The molecule has 0 fully saturated rings. The Kier molecular flexibility index (Phi) is 3.44. The van der Waals surface area contributed by atoms with Crippen LogP contribution in [0.1, 0.15) is 26.7 Å². The molecule has 0 radical (unpaired) electrons. The molecule has 0 spiro atoms. The number of carbonyl (C=O) groups excluding carboxylic acids is 1. The number of Topliss-reactive ketones (excluding diaryl/α,β-unsaturated/α-hetero) is 1. The molecule has 0 aromatic carbocycles. The average Bonchev–Trinajstić information content (AvgIpc) is 1.67. The summed E-state index contributed by atoms with van der Waals surface area (Å²) in [7, 11) is 0. The quantitative estimate of drug-likeness (QED) is 0.590. The number of aliphatic hydroxyl groups is 1. The van der Waals surface area contributed by atoms with Crippen LogP contribution in [0.25, 0.3) is 0 Å². The van der Waals surface area contributed by atoms with Crippen LogP contribution in [-0.4, -0.2) is 17.0 Å². The Morgan fingerprint density at radius 1 is 1.75 bits per heavy atom. The second-order valence-electron chi connectivity index (χ2n) is 1.92. The molecule has 0 aliphatic rings. The summed E-state index contributed by atoms with van der Waals surface area (Å²) < 4.78 is 0. The highest BCUT2D eigenvalue weighted by atomic mass is 16.3. The Balaban J connectivity index is 3.32. The molecule has 2 nitrogen and oxygen atoms in total. The predicted octanol–water partition coefficient (Wildman–Crippen LogP) is 0.736. The maximum atomic E-state index is 10.3. The lowest BCUT2D eigenvalue weighted by molar-refractivity contribution is -0.125. The highest BCUT2D eigenvalue weighted by Gasteiger charge is 2.05. The first-order chi connectivity index (χ1) is 3.68. The fourth-order valence-corrected chi connectivity index (χ4v) is 0.477. The van der Waals surface area contributed by atoms with E-state index < -0.39 is 6.10 Å². The van der Waals surface area contributed by atoms with E-state index in [2.05, 4.69) is 0 Å². The van der Waals surface area contributed by atoms with Gasteiger partial charge < -0.3 is 5.11 Å². The largest absolute Gasteiger partial charge is 0.385 e. The summed E-state index contributed by atoms with van der Waals surface area (Å²) in [5, 5.41) is 8.78. The lowest BCUT2D eigenvalue weighted by atomic mass is 10.1. The van der Waals surface area contributed by atoms with Gasteiger partial charge in [-0.3, -0.25) is 4.79 Å². The summed E-state index contributed by atoms with van der Waals surface area (Å²) in [4.78, 5) is 10.3. The van der Waals surface area contributed by atoms with Crippen LogP contribution in [0.3, 0.4) is 0 Å². The van der Waals surface area contributed by atoms with E-state index in [9.17, 15) is 4.79 Å². The van der Waals surface area contributed by atoms with Crippen LogP contribution in [0.5, 0.6) is 0 Å². The third-order valence-corrected chi connectivity index (χ3v) is 1.03. The van der Waals surface area contributed by atoms with E-state index in [0.29, 0.717) is 6.42 Å². The molecule has 0 amide bonds. The van der Waals surface area contributed by atoms with Crippen molar-refractivity contribution < 1.29 is 9.90 Å². The van der Waals surface area contributed by atoms with Gasteiger partial charge in [-0.25, -0.2) is 0 Å². The molecule has 1 atom stereocenters. The van der Waals surface area contributed by atoms with Gasteiger partial charge in [-0.15, -0.1) is 0 Å².